The van der Waals surface area contributed by atoms with Crippen LogP contribution in [0.3, 0.4) is 0 Å². The van der Waals surface area contributed by atoms with Crippen LogP contribution in [0.1, 0.15) is 44.4 Å². The molecule has 1 heterocycles. The number of nitrogens with zero attached hydrogens (tertiary/aromatic N) is 2. The molecule has 0 spiro atoms. The fourth-order valence-corrected chi connectivity index (χ4v) is 2.74. The summed E-state index contributed by atoms with van der Waals surface area (Å²) in [7, 11) is 1.51. The number of ether oxygens (including phenoxy) is 2. The minimum Gasteiger partial charge on any atom is -0.478 e. The fraction of sp³-hybridized carbons (Fsp3) is 0.350. The Balaban J connectivity index is 2.44. The molecule has 0 aliphatic rings. The van der Waals surface area contributed by atoms with Gasteiger partial charge >= 0.3 is 12.0 Å². The van der Waals surface area contributed by atoms with Crippen LogP contribution in [-0.2, 0) is 9.53 Å². The first-order valence-corrected chi connectivity index (χ1v) is 8.80. The second-order valence-electron chi connectivity index (χ2n) is 5.84. The number of carboxylic acids is 1. The predicted octanol–water partition coefficient (Wildman–Crippen LogP) is 4.20. The molecule has 1 atom stereocenters. The second kappa shape index (κ2) is 9.68. The van der Waals surface area contributed by atoms with Crippen molar-refractivity contribution in [1.29, 1.82) is 0 Å². The van der Waals surface area contributed by atoms with E-state index in [1.807, 2.05) is 39.0 Å². The largest absolute Gasteiger partial charge is 0.478 e. The Kier molecular flexibility index (Phi) is 7.31. The van der Waals surface area contributed by atoms with Crippen molar-refractivity contribution in [3.05, 3.63) is 47.8 Å². The van der Waals surface area contributed by atoms with Gasteiger partial charge < -0.3 is 19.9 Å². The van der Waals surface area contributed by atoms with Crippen LogP contribution in [0.4, 0.5) is 11.4 Å². The Morgan fingerprint density at radius 1 is 1.30 bits per heavy atom. The van der Waals surface area contributed by atoms with Gasteiger partial charge in [-0.05, 0) is 37.5 Å². The SMILES string of the molecule is CCO[C@H](C)c1ccc(/C(=C/C(=O)O)CC)cc1Nc1cnc(OC)nc1. The third-order valence-corrected chi connectivity index (χ3v) is 4.05. The summed E-state index contributed by atoms with van der Waals surface area (Å²) in [6, 6.07) is 6.08. The molecule has 1 aromatic heterocycles. The molecular formula is C20H25N3O4. The maximum atomic E-state index is 11.1. The number of anilines is 2. The molecule has 0 aliphatic heterocycles. The van der Waals surface area contributed by atoms with Crippen molar-refractivity contribution in [2.75, 3.05) is 19.0 Å². The van der Waals surface area contributed by atoms with Gasteiger partial charge in [-0.2, -0.15) is 0 Å². The zero-order chi connectivity index (χ0) is 19.8. The van der Waals surface area contributed by atoms with Crippen LogP contribution < -0.4 is 10.1 Å². The number of benzene rings is 1. The fourth-order valence-electron chi connectivity index (χ4n) is 2.74. The molecular weight excluding hydrogens is 346 g/mol. The maximum Gasteiger partial charge on any atom is 0.328 e. The molecule has 0 unspecified atom stereocenters. The van der Waals surface area contributed by atoms with E-state index in [1.165, 1.54) is 13.2 Å². The number of carboxylic acid groups (broad SMARTS) is 1. The zero-order valence-corrected chi connectivity index (χ0v) is 16.0. The molecule has 7 nitrogen and oxygen atoms in total. The van der Waals surface area contributed by atoms with Crippen molar-refractivity contribution in [3.8, 4) is 6.01 Å². The Bertz CT molecular complexity index is 803. The van der Waals surface area contributed by atoms with Crippen LogP contribution in [0.5, 0.6) is 6.01 Å². The molecule has 0 aliphatic carbocycles. The lowest BCUT2D eigenvalue weighted by Gasteiger charge is -2.19. The summed E-state index contributed by atoms with van der Waals surface area (Å²) in [5.74, 6) is -0.961. The number of aromatic nitrogens is 2. The molecule has 2 rings (SSSR count). The number of methoxy groups -OCH3 is 1. The van der Waals surface area contributed by atoms with E-state index in [0.717, 1.165) is 22.4 Å². The van der Waals surface area contributed by atoms with Gasteiger partial charge in [0.05, 0.1) is 31.3 Å². The standard InChI is InChI=1S/C20H25N3O4/c1-5-14(10-19(24)25)15-7-8-17(13(3)27-6-2)18(9-15)23-16-11-21-20(26-4)22-12-16/h7-13,23H,5-6H2,1-4H3,(H,24,25)/b14-10+/t13-/m1/s1. The zero-order valence-electron chi connectivity index (χ0n) is 16.0. The summed E-state index contributed by atoms with van der Waals surface area (Å²) in [4.78, 5) is 19.3. The smallest absolute Gasteiger partial charge is 0.328 e. The Labute approximate surface area is 159 Å². The molecule has 0 saturated carbocycles. The lowest BCUT2D eigenvalue weighted by molar-refractivity contribution is -0.131. The number of carbonyl (C=O) groups is 1. The molecule has 144 valence electrons. The summed E-state index contributed by atoms with van der Waals surface area (Å²) >= 11 is 0. The van der Waals surface area contributed by atoms with E-state index in [9.17, 15) is 4.79 Å². The van der Waals surface area contributed by atoms with E-state index in [2.05, 4.69) is 15.3 Å². The molecule has 27 heavy (non-hydrogen) atoms. The van der Waals surface area contributed by atoms with Gasteiger partial charge in [0.25, 0.3) is 0 Å². The summed E-state index contributed by atoms with van der Waals surface area (Å²) < 4.78 is 10.7. The number of hydrogen-bond donors (Lipinski definition) is 2. The van der Waals surface area contributed by atoms with Gasteiger partial charge in [0.15, 0.2) is 0 Å². The molecule has 7 heteroatoms. The lowest BCUT2D eigenvalue weighted by Crippen LogP contribution is -2.05. The van der Waals surface area contributed by atoms with Crippen LogP contribution in [0, 0.1) is 0 Å². The van der Waals surface area contributed by atoms with Crippen molar-refractivity contribution in [3.63, 3.8) is 0 Å². The first-order valence-electron chi connectivity index (χ1n) is 8.80. The molecule has 2 aromatic rings. The number of aliphatic carboxylic acids is 1. The molecule has 0 fully saturated rings. The van der Waals surface area contributed by atoms with Gasteiger partial charge in [-0.15, -0.1) is 0 Å². The number of rotatable bonds is 9. The molecule has 0 amide bonds. The van der Waals surface area contributed by atoms with E-state index in [0.29, 0.717) is 18.7 Å². The van der Waals surface area contributed by atoms with Gasteiger partial charge in [0, 0.05) is 23.9 Å². The van der Waals surface area contributed by atoms with Crippen LogP contribution in [0.2, 0.25) is 0 Å². The molecule has 1 aromatic carbocycles. The Hall–Kier alpha value is -2.93. The molecule has 2 N–H and O–H groups in total. The van der Waals surface area contributed by atoms with Gasteiger partial charge in [-0.25, -0.2) is 14.8 Å². The normalized spacial score (nSPS) is 12.5. The third-order valence-electron chi connectivity index (χ3n) is 4.05. The van der Waals surface area contributed by atoms with Crippen molar-refractivity contribution in [2.24, 2.45) is 0 Å². The Morgan fingerprint density at radius 2 is 2.00 bits per heavy atom. The van der Waals surface area contributed by atoms with Crippen LogP contribution >= 0.6 is 0 Å². The highest BCUT2D eigenvalue weighted by Gasteiger charge is 2.14. The van der Waals surface area contributed by atoms with Crippen LogP contribution in [0.25, 0.3) is 5.57 Å². The highest BCUT2D eigenvalue weighted by molar-refractivity contribution is 5.90. The monoisotopic (exact) mass is 371 g/mol. The van der Waals surface area contributed by atoms with Crippen LogP contribution in [-0.4, -0.2) is 34.8 Å². The average Bonchev–Trinajstić information content (AvgIpc) is 2.66. The minimum absolute atomic E-state index is 0.126. The summed E-state index contributed by atoms with van der Waals surface area (Å²) in [6.45, 7) is 6.44. The Morgan fingerprint density at radius 3 is 2.56 bits per heavy atom. The van der Waals surface area contributed by atoms with Crippen molar-refractivity contribution >= 4 is 22.9 Å². The molecule has 0 saturated heterocycles. The first kappa shape index (κ1) is 20.4. The molecule has 0 bridgehead atoms. The number of allylic oxidation sites excluding steroid dienone is 1. The maximum absolute atomic E-state index is 11.1. The van der Waals surface area contributed by atoms with Gasteiger partial charge in [-0.1, -0.05) is 19.1 Å². The minimum atomic E-state index is -0.961. The van der Waals surface area contributed by atoms with E-state index in [-0.39, 0.29) is 12.1 Å². The number of hydrogen-bond acceptors (Lipinski definition) is 6. The lowest BCUT2D eigenvalue weighted by atomic mass is 9.98. The van der Waals surface area contributed by atoms with E-state index < -0.39 is 5.97 Å². The summed E-state index contributed by atoms with van der Waals surface area (Å²) in [5.41, 5.74) is 4.05. The third kappa shape index (κ3) is 5.52. The van der Waals surface area contributed by atoms with Crippen LogP contribution in [0.15, 0.2) is 36.7 Å². The van der Waals surface area contributed by atoms with E-state index in [1.54, 1.807) is 12.4 Å². The highest BCUT2D eigenvalue weighted by Crippen LogP contribution is 2.32. The number of nitrogens with one attached hydrogen (secondary N) is 1. The molecule has 0 radical (unpaired) electrons. The topological polar surface area (TPSA) is 93.6 Å². The van der Waals surface area contributed by atoms with Gasteiger partial charge in [0.2, 0.25) is 0 Å². The van der Waals surface area contributed by atoms with E-state index in [4.69, 9.17) is 14.6 Å². The first-order chi connectivity index (χ1) is 13.0. The quantitative estimate of drug-likeness (QED) is 0.638. The summed E-state index contributed by atoms with van der Waals surface area (Å²) in [5, 5.41) is 12.4. The van der Waals surface area contributed by atoms with Crippen molar-refractivity contribution < 1.29 is 19.4 Å². The predicted molar refractivity (Wildman–Crippen MR) is 104 cm³/mol. The highest BCUT2D eigenvalue weighted by atomic mass is 16.5. The summed E-state index contributed by atoms with van der Waals surface area (Å²) in [6.07, 6.45) is 4.97. The average molecular weight is 371 g/mol. The van der Waals surface area contributed by atoms with Gasteiger partial charge in [-0.3, -0.25) is 0 Å². The van der Waals surface area contributed by atoms with Gasteiger partial charge in [0.1, 0.15) is 0 Å². The van der Waals surface area contributed by atoms with Crippen molar-refractivity contribution in [1.82, 2.24) is 9.97 Å². The van der Waals surface area contributed by atoms with E-state index >= 15 is 0 Å². The van der Waals surface area contributed by atoms with Crippen molar-refractivity contribution in [2.45, 2.75) is 33.3 Å². The second-order valence-corrected chi connectivity index (χ2v) is 5.84.